The molecule has 0 radical (unpaired) electrons. The number of aromatic nitrogens is 1. The largest absolute Gasteiger partial charge is 0.462 e. The van der Waals surface area contributed by atoms with Gasteiger partial charge >= 0.3 is 5.97 Å². The van der Waals surface area contributed by atoms with Crippen LogP contribution in [0.2, 0.25) is 0 Å². The van der Waals surface area contributed by atoms with Gasteiger partial charge in [0.1, 0.15) is 0 Å². The molecule has 98 valence electrons. The first-order chi connectivity index (χ1) is 8.70. The predicted octanol–water partition coefficient (Wildman–Crippen LogP) is 2.53. The van der Waals surface area contributed by atoms with Crippen LogP contribution in [0.1, 0.15) is 30.6 Å². The molecule has 1 aliphatic heterocycles. The van der Waals surface area contributed by atoms with E-state index in [1.54, 1.807) is 30.9 Å². The topological polar surface area (TPSA) is 48.4 Å². The van der Waals surface area contributed by atoms with Gasteiger partial charge in [-0.2, -0.15) is 0 Å². The zero-order valence-corrected chi connectivity index (χ0v) is 11.4. The van der Waals surface area contributed by atoms with Crippen molar-refractivity contribution in [3.8, 4) is 0 Å². The van der Waals surface area contributed by atoms with Crippen LogP contribution < -0.4 is 0 Å². The monoisotopic (exact) mass is 267 g/mol. The number of carbonyl (C=O) groups is 1. The summed E-state index contributed by atoms with van der Waals surface area (Å²) < 4.78 is 10.4. The van der Waals surface area contributed by atoms with Crippen molar-refractivity contribution in [1.29, 1.82) is 0 Å². The van der Waals surface area contributed by atoms with Crippen molar-refractivity contribution in [2.45, 2.75) is 36.6 Å². The minimum atomic E-state index is -0.320. The molecule has 0 bridgehead atoms. The van der Waals surface area contributed by atoms with Gasteiger partial charge in [0.05, 0.1) is 23.3 Å². The number of pyridine rings is 1. The van der Waals surface area contributed by atoms with Crippen LogP contribution in [0.4, 0.5) is 0 Å². The number of hydrogen-bond donors (Lipinski definition) is 0. The minimum absolute atomic E-state index is 0.265. The number of nitrogens with zero attached hydrogens (tertiary/aromatic N) is 1. The van der Waals surface area contributed by atoms with Gasteiger partial charge in [-0.15, -0.1) is 11.8 Å². The van der Waals surface area contributed by atoms with Gasteiger partial charge in [-0.3, -0.25) is 0 Å². The van der Waals surface area contributed by atoms with E-state index in [1.807, 2.05) is 6.07 Å². The second-order valence-electron chi connectivity index (χ2n) is 4.13. The smallest absolute Gasteiger partial charge is 0.339 e. The Labute approximate surface area is 111 Å². The van der Waals surface area contributed by atoms with Gasteiger partial charge in [0.25, 0.3) is 0 Å². The third-order valence-corrected chi connectivity index (χ3v) is 4.23. The van der Waals surface area contributed by atoms with Crippen LogP contribution in [0, 0.1) is 0 Å². The first-order valence-electron chi connectivity index (χ1n) is 6.12. The van der Waals surface area contributed by atoms with Crippen molar-refractivity contribution in [3.05, 3.63) is 23.9 Å². The van der Waals surface area contributed by atoms with Gasteiger partial charge in [-0.1, -0.05) is 0 Å². The number of carbonyl (C=O) groups excluding carboxylic acids is 1. The average molecular weight is 267 g/mol. The van der Waals surface area contributed by atoms with Crippen LogP contribution in [0.5, 0.6) is 0 Å². The Balaban J connectivity index is 1.97. The van der Waals surface area contributed by atoms with E-state index in [1.165, 1.54) is 0 Å². The first kappa shape index (κ1) is 13.4. The number of ether oxygens (including phenoxy) is 2. The lowest BCUT2D eigenvalue weighted by molar-refractivity contribution is 0.0525. The summed E-state index contributed by atoms with van der Waals surface area (Å²) in [5.74, 6) is -0.320. The van der Waals surface area contributed by atoms with Gasteiger partial charge in [0, 0.05) is 18.1 Å². The summed E-state index contributed by atoms with van der Waals surface area (Å²) in [6, 6.07) is 3.62. The van der Waals surface area contributed by atoms with Crippen molar-refractivity contribution >= 4 is 17.7 Å². The average Bonchev–Trinajstić information content (AvgIpc) is 2.76. The Morgan fingerprint density at radius 3 is 3.00 bits per heavy atom. The summed E-state index contributed by atoms with van der Waals surface area (Å²) in [5, 5.41) is 1.37. The molecule has 0 aliphatic carbocycles. The van der Waals surface area contributed by atoms with Crippen LogP contribution >= 0.6 is 11.8 Å². The molecular formula is C13H17NO3S. The molecule has 0 amide bonds. The molecule has 4 nitrogen and oxygen atoms in total. The molecule has 1 saturated heterocycles. The Hall–Kier alpha value is -1.07. The maximum atomic E-state index is 11.5. The van der Waals surface area contributed by atoms with E-state index in [-0.39, 0.29) is 12.1 Å². The summed E-state index contributed by atoms with van der Waals surface area (Å²) in [6.07, 6.45) is 2.88. The van der Waals surface area contributed by atoms with E-state index in [9.17, 15) is 4.79 Å². The van der Waals surface area contributed by atoms with E-state index >= 15 is 0 Å². The number of rotatable bonds is 4. The Morgan fingerprint density at radius 1 is 1.61 bits per heavy atom. The van der Waals surface area contributed by atoms with Crippen LogP contribution in [-0.2, 0) is 9.47 Å². The summed E-state index contributed by atoms with van der Waals surface area (Å²) in [4.78, 5) is 15.8. The van der Waals surface area contributed by atoms with E-state index < -0.39 is 0 Å². The zero-order valence-electron chi connectivity index (χ0n) is 10.6. The van der Waals surface area contributed by atoms with Crippen molar-refractivity contribution in [2.75, 3.05) is 13.2 Å². The SMILES string of the molecule is CCOC(=O)c1ccc(SC2CCOC2C)nc1. The highest BCUT2D eigenvalue weighted by Crippen LogP contribution is 2.31. The molecule has 1 aliphatic rings. The normalized spacial score (nSPS) is 23.0. The second-order valence-corrected chi connectivity index (χ2v) is 5.39. The van der Waals surface area contributed by atoms with Crippen molar-refractivity contribution in [1.82, 2.24) is 4.98 Å². The van der Waals surface area contributed by atoms with Gasteiger partial charge in [-0.25, -0.2) is 9.78 Å². The van der Waals surface area contributed by atoms with Crippen LogP contribution in [0.3, 0.4) is 0 Å². The summed E-state index contributed by atoms with van der Waals surface area (Å²) in [5.41, 5.74) is 0.497. The Morgan fingerprint density at radius 2 is 2.44 bits per heavy atom. The maximum absolute atomic E-state index is 11.5. The molecule has 1 aromatic heterocycles. The maximum Gasteiger partial charge on any atom is 0.339 e. The molecule has 0 N–H and O–H groups in total. The van der Waals surface area contributed by atoms with E-state index in [2.05, 4.69) is 11.9 Å². The lowest BCUT2D eigenvalue weighted by Crippen LogP contribution is -2.13. The highest BCUT2D eigenvalue weighted by molar-refractivity contribution is 7.99. The molecule has 2 atom stereocenters. The standard InChI is InChI=1S/C13H17NO3S/c1-3-16-13(15)10-4-5-12(14-8-10)18-11-6-7-17-9(11)2/h4-5,8-9,11H,3,6-7H2,1-2H3. The van der Waals surface area contributed by atoms with Crippen LogP contribution in [0.25, 0.3) is 0 Å². The molecule has 1 fully saturated rings. The fraction of sp³-hybridized carbons (Fsp3) is 0.538. The van der Waals surface area contributed by atoms with Gasteiger partial charge in [0.15, 0.2) is 0 Å². The molecule has 2 rings (SSSR count). The minimum Gasteiger partial charge on any atom is -0.462 e. The molecule has 0 saturated carbocycles. The second kappa shape index (κ2) is 6.20. The first-order valence-corrected chi connectivity index (χ1v) is 7.00. The molecule has 18 heavy (non-hydrogen) atoms. The van der Waals surface area contributed by atoms with Gasteiger partial charge in [0.2, 0.25) is 0 Å². The molecule has 1 aromatic rings. The number of thioether (sulfide) groups is 1. The fourth-order valence-electron chi connectivity index (χ4n) is 1.81. The van der Waals surface area contributed by atoms with Crippen molar-refractivity contribution in [3.63, 3.8) is 0 Å². The van der Waals surface area contributed by atoms with Crippen molar-refractivity contribution < 1.29 is 14.3 Å². The molecule has 5 heteroatoms. The fourth-order valence-corrected chi connectivity index (χ4v) is 2.86. The van der Waals surface area contributed by atoms with Crippen molar-refractivity contribution in [2.24, 2.45) is 0 Å². The summed E-state index contributed by atoms with van der Waals surface area (Å²) in [7, 11) is 0. The quantitative estimate of drug-likeness (QED) is 0.785. The highest BCUT2D eigenvalue weighted by atomic mass is 32.2. The van der Waals surface area contributed by atoms with E-state index in [0.717, 1.165) is 18.1 Å². The van der Waals surface area contributed by atoms with E-state index in [4.69, 9.17) is 9.47 Å². The number of esters is 1. The lowest BCUT2D eigenvalue weighted by atomic mass is 10.3. The summed E-state index contributed by atoms with van der Waals surface area (Å²) in [6.45, 7) is 5.07. The molecule has 2 heterocycles. The highest BCUT2D eigenvalue weighted by Gasteiger charge is 2.25. The summed E-state index contributed by atoms with van der Waals surface area (Å²) >= 11 is 1.70. The van der Waals surface area contributed by atoms with Crippen LogP contribution in [-0.4, -0.2) is 35.5 Å². The Kier molecular flexibility index (Phi) is 4.60. The van der Waals surface area contributed by atoms with Crippen LogP contribution in [0.15, 0.2) is 23.4 Å². The van der Waals surface area contributed by atoms with Gasteiger partial charge < -0.3 is 9.47 Å². The molecule has 0 aromatic carbocycles. The Bertz CT molecular complexity index is 407. The molecular weight excluding hydrogens is 250 g/mol. The third-order valence-electron chi connectivity index (χ3n) is 2.83. The molecule has 2 unspecified atom stereocenters. The number of hydrogen-bond acceptors (Lipinski definition) is 5. The zero-order chi connectivity index (χ0) is 13.0. The third kappa shape index (κ3) is 3.23. The predicted molar refractivity (Wildman–Crippen MR) is 69.9 cm³/mol. The molecule has 0 spiro atoms. The van der Waals surface area contributed by atoms with E-state index in [0.29, 0.717) is 17.4 Å². The lowest BCUT2D eigenvalue weighted by Gasteiger charge is -2.12. The van der Waals surface area contributed by atoms with Gasteiger partial charge in [-0.05, 0) is 32.4 Å².